The third-order valence-corrected chi connectivity index (χ3v) is 3.11. The lowest BCUT2D eigenvalue weighted by molar-refractivity contribution is -0.155. The molecular formula is C14H27NO2. The molecule has 0 N–H and O–H groups in total. The van der Waals surface area contributed by atoms with Gasteiger partial charge in [0.05, 0.1) is 0 Å². The van der Waals surface area contributed by atoms with Crippen LogP contribution in [0.4, 0.5) is 0 Å². The molecule has 1 rings (SSSR count). The standard InChI is InChI=1S/C14H27NO2/c1-13(2,3)15-8-7-11(10-15)9-12(16)17-14(4,5)6/h11H,7-10H2,1-6H3/t11-/m1/s1. The first kappa shape index (κ1) is 14.5. The summed E-state index contributed by atoms with van der Waals surface area (Å²) in [6.45, 7) is 14.5. The predicted molar refractivity (Wildman–Crippen MR) is 69.9 cm³/mol. The van der Waals surface area contributed by atoms with Gasteiger partial charge in [0.15, 0.2) is 0 Å². The molecule has 0 aliphatic carbocycles. The van der Waals surface area contributed by atoms with Crippen molar-refractivity contribution in [1.29, 1.82) is 0 Å². The van der Waals surface area contributed by atoms with Gasteiger partial charge in [0.25, 0.3) is 0 Å². The van der Waals surface area contributed by atoms with Crippen LogP contribution in [0.3, 0.4) is 0 Å². The van der Waals surface area contributed by atoms with Crippen molar-refractivity contribution in [3.05, 3.63) is 0 Å². The van der Waals surface area contributed by atoms with Crippen LogP contribution in [0.2, 0.25) is 0 Å². The van der Waals surface area contributed by atoms with E-state index >= 15 is 0 Å². The van der Waals surface area contributed by atoms with E-state index in [-0.39, 0.29) is 17.1 Å². The first-order valence-corrected chi connectivity index (χ1v) is 6.55. The third kappa shape index (κ3) is 5.07. The van der Waals surface area contributed by atoms with Crippen molar-refractivity contribution in [1.82, 2.24) is 4.90 Å². The first-order valence-electron chi connectivity index (χ1n) is 6.55. The molecule has 0 amide bonds. The lowest BCUT2D eigenvalue weighted by Crippen LogP contribution is -2.39. The van der Waals surface area contributed by atoms with Gasteiger partial charge in [0, 0.05) is 18.5 Å². The topological polar surface area (TPSA) is 29.5 Å². The molecule has 0 aromatic rings. The summed E-state index contributed by atoms with van der Waals surface area (Å²) in [5, 5.41) is 0. The lowest BCUT2D eigenvalue weighted by atomic mass is 10.0. The van der Waals surface area contributed by atoms with Gasteiger partial charge in [-0.15, -0.1) is 0 Å². The zero-order valence-corrected chi connectivity index (χ0v) is 12.2. The van der Waals surface area contributed by atoms with E-state index in [4.69, 9.17) is 4.74 Å². The number of nitrogens with zero attached hydrogens (tertiary/aromatic N) is 1. The highest BCUT2D eigenvalue weighted by atomic mass is 16.6. The van der Waals surface area contributed by atoms with Crippen molar-refractivity contribution in [2.45, 2.75) is 65.5 Å². The normalized spacial score (nSPS) is 22.8. The van der Waals surface area contributed by atoms with Crippen molar-refractivity contribution in [2.24, 2.45) is 5.92 Å². The monoisotopic (exact) mass is 241 g/mol. The average Bonchev–Trinajstić information content (AvgIpc) is 2.47. The summed E-state index contributed by atoms with van der Waals surface area (Å²) in [6, 6.07) is 0. The summed E-state index contributed by atoms with van der Waals surface area (Å²) < 4.78 is 5.36. The quantitative estimate of drug-likeness (QED) is 0.696. The molecule has 0 unspecified atom stereocenters. The molecule has 0 aromatic heterocycles. The molecule has 1 fully saturated rings. The molecule has 0 spiro atoms. The van der Waals surface area contributed by atoms with E-state index in [2.05, 4.69) is 25.7 Å². The Morgan fingerprint density at radius 2 is 1.82 bits per heavy atom. The van der Waals surface area contributed by atoms with Crippen LogP contribution in [0.1, 0.15) is 54.4 Å². The Morgan fingerprint density at radius 1 is 1.24 bits per heavy atom. The second-order valence-electron chi connectivity index (χ2n) is 7.06. The maximum Gasteiger partial charge on any atom is 0.306 e. The van der Waals surface area contributed by atoms with E-state index in [0.29, 0.717) is 12.3 Å². The highest BCUT2D eigenvalue weighted by molar-refractivity contribution is 5.70. The van der Waals surface area contributed by atoms with Crippen LogP contribution in [-0.4, -0.2) is 35.1 Å². The van der Waals surface area contributed by atoms with E-state index in [9.17, 15) is 4.79 Å². The highest BCUT2D eigenvalue weighted by Crippen LogP contribution is 2.27. The Morgan fingerprint density at radius 3 is 2.24 bits per heavy atom. The largest absolute Gasteiger partial charge is 0.460 e. The Hall–Kier alpha value is -0.570. The van der Waals surface area contributed by atoms with Crippen LogP contribution in [0.25, 0.3) is 0 Å². The van der Waals surface area contributed by atoms with E-state index in [1.165, 1.54) is 0 Å². The Balaban J connectivity index is 2.38. The van der Waals surface area contributed by atoms with Gasteiger partial charge in [0.1, 0.15) is 5.60 Å². The van der Waals surface area contributed by atoms with Crippen LogP contribution < -0.4 is 0 Å². The van der Waals surface area contributed by atoms with E-state index in [0.717, 1.165) is 19.5 Å². The molecule has 1 aliphatic rings. The molecular weight excluding hydrogens is 214 g/mol. The number of rotatable bonds is 2. The van der Waals surface area contributed by atoms with Crippen LogP contribution in [0.15, 0.2) is 0 Å². The van der Waals surface area contributed by atoms with Gasteiger partial charge in [0.2, 0.25) is 0 Å². The zero-order chi connectivity index (χ0) is 13.3. The molecule has 1 atom stereocenters. The van der Waals surface area contributed by atoms with Gasteiger partial charge >= 0.3 is 5.97 Å². The SMILES string of the molecule is CC(C)(C)OC(=O)C[C@H]1CCN(C(C)(C)C)C1. The van der Waals surface area contributed by atoms with Crippen molar-refractivity contribution in [2.75, 3.05) is 13.1 Å². The fraction of sp³-hybridized carbons (Fsp3) is 0.929. The highest BCUT2D eigenvalue weighted by Gasteiger charge is 2.32. The summed E-state index contributed by atoms with van der Waals surface area (Å²) in [4.78, 5) is 14.2. The van der Waals surface area contributed by atoms with Gasteiger partial charge < -0.3 is 4.74 Å². The molecule has 3 heteroatoms. The van der Waals surface area contributed by atoms with Crippen molar-refractivity contribution in [3.8, 4) is 0 Å². The first-order chi connectivity index (χ1) is 7.58. The fourth-order valence-electron chi connectivity index (χ4n) is 2.23. The number of carbonyl (C=O) groups excluding carboxylic acids is 1. The van der Waals surface area contributed by atoms with Gasteiger partial charge in [-0.1, -0.05) is 0 Å². The van der Waals surface area contributed by atoms with E-state index in [1.807, 2.05) is 20.8 Å². The van der Waals surface area contributed by atoms with E-state index in [1.54, 1.807) is 0 Å². The van der Waals surface area contributed by atoms with Gasteiger partial charge in [-0.2, -0.15) is 0 Å². The van der Waals surface area contributed by atoms with E-state index < -0.39 is 0 Å². The Labute approximate surface area is 106 Å². The number of hydrogen-bond donors (Lipinski definition) is 0. The molecule has 1 heterocycles. The van der Waals surface area contributed by atoms with Gasteiger partial charge in [-0.25, -0.2) is 0 Å². The smallest absolute Gasteiger partial charge is 0.306 e. The van der Waals surface area contributed by atoms with Crippen LogP contribution in [0, 0.1) is 5.92 Å². The second-order valence-corrected chi connectivity index (χ2v) is 7.06. The third-order valence-electron chi connectivity index (χ3n) is 3.11. The number of ether oxygens (including phenoxy) is 1. The number of hydrogen-bond acceptors (Lipinski definition) is 3. The predicted octanol–water partition coefficient (Wildman–Crippen LogP) is 2.84. The summed E-state index contributed by atoms with van der Waals surface area (Å²) in [5.41, 5.74) is -0.151. The van der Waals surface area contributed by atoms with Crippen molar-refractivity contribution >= 4 is 5.97 Å². The zero-order valence-electron chi connectivity index (χ0n) is 12.2. The maximum absolute atomic E-state index is 11.7. The molecule has 17 heavy (non-hydrogen) atoms. The minimum atomic E-state index is -0.362. The molecule has 3 nitrogen and oxygen atoms in total. The maximum atomic E-state index is 11.7. The summed E-state index contributed by atoms with van der Waals surface area (Å²) >= 11 is 0. The average molecular weight is 241 g/mol. The van der Waals surface area contributed by atoms with Gasteiger partial charge in [-0.05, 0) is 60.4 Å². The Bertz CT molecular complexity index is 273. The van der Waals surface area contributed by atoms with Crippen molar-refractivity contribution in [3.63, 3.8) is 0 Å². The molecule has 1 saturated heterocycles. The van der Waals surface area contributed by atoms with Crippen LogP contribution in [0.5, 0.6) is 0 Å². The minimum absolute atomic E-state index is 0.0572. The fourth-order valence-corrected chi connectivity index (χ4v) is 2.23. The summed E-state index contributed by atoms with van der Waals surface area (Å²) in [7, 11) is 0. The molecule has 0 bridgehead atoms. The second kappa shape index (κ2) is 4.97. The summed E-state index contributed by atoms with van der Waals surface area (Å²) in [5.74, 6) is 0.405. The molecule has 0 aromatic carbocycles. The number of esters is 1. The van der Waals surface area contributed by atoms with Crippen LogP contribution >= 0.6 is 0 Å². The Kier molecular flexibility index (Phi) is 4.23. The summed E-state index contributed by atoms with van der Waals surface area (Å²) in [6.07, 6.45) is 1.67. The van der Waals surface area contributed by atoms with Gasteiger partial charge in [-0.3, -0.25) is 9.69 Å². The molecule has 0 saturated carbocycles. The molecule has 100 valence electrons. The molecule has 1 aliphatic heterocycles. The number of carbonyl (C=O) groups is 1. The van der Waals surface area contributed by atoms with Crippen LogP contribution in [-0.2, 0) is 9.53 Å². The number of likely N-dealkylation sites (tertiary alicyclic amines) is 1. The minimum Gasteiger partial charge on any atom is -0.460 e. The van der Waals surface area contributed by atoms with Crippen molar-refractivity contribution < 1.29 is 9.53 Å². The molecule has 0 radical (unpaired) electrons. The lowest BCUT2D eigenvalue weighted by Gasteiger charge is -2.31.